The largest absolute Gasteiger partial charge is 0.243 e. The van der Waals surface area contributed by atoms with Gasteiger partial charge in [-0.2, -0.15) is 0 Å². The Bertz CT molecular complexity index is 569. The van der Waals surface area contributed by atoms with Crippen LogP contribution >= 0.6 is 27.5 Å². The fourth-order valence-electron chi connectivity index (χ4n) is 1.46. The van der Waals surface area contributed by atoms with E-state index in [2.05, 4.69) is 32.8 Å². The van der Waals surface area contributed by atoms with Crippen LogP contribution < -0.4 is 0 Å². The summed E-state index contributed by atoms with van der Waals surface area (Å²) in [6.07, 6.45) is 2.56. The molecule has 0 amide bonds. The van der Waals surface area contributed by atoms with Gasteiger partial charge in [0.15, 0.2) is 0 Å². The zero-order chi connectivity index (χ0) is 11.4. The van der Waals surface area contributed by atoms with Crippen molar-refractivity contribution < 1.29 is 0 Å². The van der Waals surface area contributed by atoms with Crippen LogP contribution in [0.2, 0.25) is 5.15 Å². The van der Waals surface area contributed by atoms with Gasteiger partial charge in [0.2, 0.25) is 0 Å². The molecule has 2 aromatic rings. The summed E-state index contributed by atoms with van der Waals surface area (Å²) in [5, 5.41) is 3.43. The number of rotatable bonds is 1. The third kappa shape index (κ3) is 2.37. The molecule has 2 rings (SSSR count). The maximum Gasteiger partial charge on any atom is 0.136 e. The number of pyridine rings is 1. The van der Waals surface area contributed by atoms with Gasteiger partial charge >= 0.3 is 0 Å². The zero-order valence-corrected chi connectivity index (χ0v) is 10.8. The van der Waals surface area contributed by atoms with E-state index in [1.165, 1.54) is 0 Å². The molecule has 1 aromatic carbocycles. The number of halogens is 2. The Balaban J connectivity index is 2.56. The van der Waals surface area contributed by atoms with Crippen LogP contribution in [0.15, 0.2) is 30.5 Å². The van der Waals surface area contributed by atoms with Crippen molar-refractivity contribution in [2.45, 2.75) is 6.42 Å². The van der Waals surface area contributed by atoms with Crippen molar-refractivity contribution in [3.05, 3.63) is 41.2 Å². The smallest absolute Gasteiger partial charge is 0.136 e. The maximum atomic E-state index is 6.02. The molecule has 16 heavy (non-hydrogen) atoms. The maximum absolute atomic E-state index is 6.02. The van der Waals surface area contributed by atoms with Crippen LogP contribution in [0.1, 0.15) is 12.0 Å². The molecule has 0 spiro atoms. The SMILES string of the molecule is Clc1ncc(C#CCCBr)c2ccccc12. The number of hydrogen-bond acceptors (Lipinski definition) is 1. The molecule has 0 fully saturated rings. The zero-order valence-electron chi connectivity index (χ0n) is 8.50. The topological polar surface area (TPSA) is 12.9 Å². The molecule has 0 N–H and O–H groups in total. The van der Waals surface area contributed by atoms with Crippen molar-refractivity contribution in [2.75, 3.05) is 5.33 Å². The van der Waals surface area contributed by atoms with Gasteiger partial charge in [-0.1, -0.05) is 63.6 Å². The van der Waals surface area contributed by atoms with E-state index in [0.717, 1.165) is 28.1 Å². The second-order valence-corrected chi connectivity index (χ2v) is 4.40. The van der Waals surface area contributed by atoms with Crippen LogP contribution in [0.5, 0.6) is 0 Å². The summed E-state index contributed by atoms with van der Waals surface area (Å²) >= 11 is 9.37. The van der Waals surface area contributed by atoms with Crippen LogP contribution in [-0.4, -0.2) is 10.3 Å². The normalized spacial score (nSPS) is 9.88. The van der Waals surface area contributed by atoms with Crippen LogP contribution in [0.4, 0.5) is 0 Å². The van der Waals surface area contributed by atoms with E-state index in [1.54, 1.807) is 6.20 Å². The average molecular weight is 295 g/mol. The molecule has 0 aliphatic rings. The minimum atomic E-state index is 0.529. The highest BCUT2D eigenvalue weighted by Crippen LogP contribution is 2.23. The lowest BCUT2D eigenvalue weighted by Crippen LogP contribution is -1.84. The van der Waals surface area contributed by atoms with Crippen molar-refractivity contribution in [1.82, 2.24) is 4.98 Å². The van der Waals surface area contributed by atoms with Gasteiger partial charge in [-0.05, 0) is 0 Å². The van der Waals surface area contributed by atoms with Crippen molar-refractivity contribution in [3.63, 3.8) is 0 Å². The predicted octanol–water partition coefficient (Wildman–Crippen LogP) is 4.02. The van der Waals surface area contributed by atoms with Gasteiger partial charge in [-0.25, -0.2) is 4.98 Å². The van der Waals surface area contributed by atoms with Gasteiger partial charge in [0, 0.05) is 28.7 Å². The highest BCUT2D eigenvalue weighted by atomic mass is 79.9. The Morgan fingerprint density at radius 1 is 1.25 bits per heavy atom. The Morgan fingerprint density at radius 2 is 2.00 bits per heavy atom. The molecule has 0 unspecified atom stereocenters. The molecule has 0 bridgehead atoms. The quantitative estimate of drug-likeness (QED) is 0.440. The number of aromatic nitrogens is 1. The van der Waals surface area contributed by atoms with Crippen molar-refractivity contribution in [1.29, 1.82) is 0 Å². The van der Waals surface area contributed by atoms with Gasteiger partial charge in [0.05, 0.1) is 5.56 Å². The Morgan fingerprint density at radius 3 is 2.75 bits per heavy atom. The van der Waals surface area contributed by atoms with E-state index in [0.29, 0.717) is 5.15 Å². The highest BCUT2D eigenvalue weighted by molar-refractivity contribution is 9.09. The molecule has 0 saturated heterocycles. The number of benzene rings is 1. The lowest BCUT2D eigenvalue weighted by molar-refractivity contribution is 1.31. The summed E-state index contributed by atoms with van der Waals surface area (Å²) in [6, 6.07) is 7.90. The van der Waals surface area contributed by atoms with Gasteiger partial charge in [0.1, 0.15) is 5.15 Å². The molecule has 1 aromatic heterocycles. The number of alkyl halides is 1. The Hall–Kier alpha value is -1.04. The monoisotopic (exact) mass is 293 g/mol. The molecule has 0 atom stereocenters. The van der Waals surface area contributed by atoms with E-state index in [4.69, 9.17) is 11.6 Å². The third-order valence-corrected chi connectivity index (χ3v) is 2.89. The van der Waals surface area contributed by atoms with Gasteiger partial charge in [-0.3, -0.25) is 0 Å². The number of nitrogens with zero attached hydrogens (tertiary/aromatic N) is 1. The number of fused-ring (bicyclic) bond motifs is 1. The van der Waals surface area contributed by atoms with Gasteiger partial charge < -0.3 is 0 Å². The second kappa shape index (κ2) is 5.34. The Labute approximate surface area is 108 Å². The van der Waals surface area contributed by atoms with E-state index in [9.17, 15) is 0 Å². The first-order chi connectivity index (χ1) is 7.83. The first-order valence-corrected chi connectivity index (χ1v) is 6.41. The first kappa shape index (κ1) is 11.4. The highest BCUT2D eigenvalue weighted by Gasteiger charge is 2.02. The van der Waals surface area contributed by atoms with Crippen molar-refractivity contribution >= 4 is 38.3 Å². The van der Waals surface area contributed by atoms with Crippen molar-refractivity contribution in [2.24, 2.45) is 0 Å². The molecule has 0 radical (unpaired) electrons. The summed E-state index contributed by atoms with van der Waals surface area (Å²) in [7, 11) is 0. The molecular formula is C13H9BrClN. The summed E-state index contributed by atoms with van der Waals surface area (Å²) in [6.45, 7) is 0. The van der Waals surface area contributed by atoms with Gasteiger partial charge in [-0.15, -0.1) is 0 Å². The number of hydrogen-bond donors (Lipinski definition) is 0. The molecular weight excluding hydrogens is 286 g/mol. The minimum Gasteiger partial charge on any atom is -0.243 e. The fraction of sp³-hybridized carbons (Fsp3) is 0.154. The van der Waals surface area contributed by atoms with Crippen LogP contribution in [0.3, 0.4) is 0 Å². The third-order valence-electron chi connectivity index (χ3n) is 2.19. The fourth-order valence-corrected chi connectivity index (χ4v) is 1.87. The predicted molar refractivity (Wildman–Crippen MR) is 72.0 cm³/mol. The molecule has 1 heterocycles. The standard InChI is InChI=1S/C13H9BrClN/c14-8-4-3-5-10-9-16-13(15)12-7-2-1-6-11(10)12/h1-2,6-7,9H,4,8H2. The first-order valence-electron chi connectivity index (χ1n) is 4.91. The molecule has 0 aliphatic carbocycles. The molecule has 0 saturated carbocycles. The lowest BCUT2D eigenvalue weighted by atomic mass is 10.1. The Kier molecular flexibility index (Phi) is 3.82. The summed E-state index contributed by atoms with van der Waals surface area (Å²) in [4.78, 5) is 4.14. The average Bonchev–Trinajstić information content (AvgIpc) is 2.33. The van der Waals surface area contributed by atoms with Gasteiger partial charge in [0.25, 0.3) is 0 Å². The van der Waals surface area contributed by atoms with E-state index >= 15 is 0 Å². The lowest BCUT2D eigenvalue weighted by Gasteiger charge is -2.01. The molecule has 80 valence electrons. The minimum absolute atomic E-state index is 0.529. The summed E-state index contributed by atoms with van der Waals surface area (Å²) in [5.74, 6) is 6.20. The van der Waals surface area contributed by atoms with Crippen LogP contribution in [0.25, 0.3) is 10.8 Å². The second-order valence-electron chi connectivity index (χ2n) is 3.25. The molecule has 1 nitrogen and oxygen atoms in total. The molecule has 0 aliphatic heterocycles. The van der Waals surface area contributed by atoms with Crippen molar-refractivity contribution in [3.8, 4) is 11.8 Å². The summed E-state index contributed by atoms with van der Waals surface area (Å²) in [5.41, 5.74) is 0.931. The van der Waals surface area contributed by atoms with E-state index in [1.807, 2.05) is 24.3 Å². The summed E-state index contributed by atoms with van der Waals surface area (Å²) < 4.78 is 0. The van der Waals surface area contributed by atoms with Crippen LogP contribution in [0, 0.1) is 11.8 Å². The van der Waals surface area contributed by atoms with E-state index < -0.39 is 0 Å². The van der Waals surface area contributed by atoms with E-state index in [-0.39, 0.29) is 0 Å². The van der Waals surface area contributed by atoms with Crippen LogP contribution in [-0.2, 0) is 0 Å². The molecule has 3 heteroatoms.